The van der Waals surface area contributed by atoms with Gasteiger partial charge in [-0.15, -0.1) is 12.4 Å². The van der Waals surface area contributed by atoms with Crippen molar-refractivity contribution in [2.45, 2.75) is 26.3 Å². The summed E-state index contributed by atoms with van der Waals surface area (Å²) in [6.45, 7) is 4.52. The molecule has 0 atom stereocenters. The highest BCUT2D eigenvalue weighted by atomic mass is 35.5. The molecule has 0 aliphatic rings. The van der Waals surface area contributed by atoms with Gasteiger partial charge in [-0.3, -0.25) is 0 Å². The Hall–Kier alpha value is -2.34. The topological polar surface area (TPSA) is 56.5 Å². The van der Waals surface area contributed by atoms with Crippen LogP contribution in [0.15, 0.2) is 66.3 Å². The molecule has 3 rings (SSSR count). The zero-order valence-corrected chi connectivity index (χ0v) is 18.2. The molecule has 1 aromatic heterocycles. The monoisotopic (exact) mass is 451 g/mol. The van der Waals surface area contributed by atoms with Crippen LogP contribution in [0.1, 0.15) is 41.3 Å². The first-order valence-electron chi connectivity index (χ1n) is 8.73. The highest BCUT2D eigenvalue weighted by Gasteiger charge is 2.14. The summed E-state index contributed by atoms with van der Waals surface area (Å²) in [6, 6.07) is 12.4. The summed E-state index contributed by atoms with van der Waals surface area (Å²) in [6.07, 6.45) is 5.08. The van der Waals surface area contributed by atoms with Gasteiger partial charge in [-0.2, -0.15) is 0 Å². The maximum Gasteiger partial charge on any atom is 0.365 e. The molecule has 0 aliphatic carbocycles. The van der Waals surface area contributed by atoms with Crippen LogP contribution in [0.3, 0.4) is 0 Å². The minimum atomic E-state index is -0.538. The SMILES string of the molecule is CC(C)c1ccc(C(=O)O/N=C(\Cn2ccnc2)c2ccc(Cl)cc2Cl)cc1.Cl. The molecule has 0 unspecified atom stereocenters. The van der Waals surface area contributed by atoms with Crippen LogP contribution in [0, 0.1) is 0 Å². The molecule has 0 spiro atoms. The molecule has 0 fully saturated rings. The molecular weight excluding hydrogens is 433 g/mol. The van der Waals surface area contributed by atoms with Crippen LogP contribution < -0.4 is 0 Å². The number of benzene rings is 2. The van der Waals surface area contributed by atoms with Crippen LogP contribution in [0.5, 0.6) is 0 Å². The number of carbonyl (C=O) groups is 1. The summed E-state index contributed by atoms with van der Waals surface area (Å²) in [5.74, 6) is -0.152. The quantitative estimate of drug-likeness (QED) is 0.262. The molecule has 1 heterocycles. The van der Waals surface area contributed by atoms with Crippen molar-refractivity contribution in [1.82, 2.24) is 9.55 Å². The highest BCUT2D eigenvalue weighted by Crippen LogP contribution is 2.23. The molecule has 2 aromatic carbocycles. The summed E-state index contributed by atoms with van der Waals surface area (Å²) in [4.78, 5) is 21.6. The molecule has 0 radical (unpaired) electrons. The molecule has 0 saturated carbocycles. The Kier molecular flexibility index (Phi) is 8.26. The van der Waals surface area contributed by atoms with Crippen LogP contribution >= 0.6 is 35.6 Å². The van der Waals surface area contributed by atoms with E-state index >= 15 is 0 Å². The third-order valence-electron chi connectivity index (χ3n) is 4.19. The van der Waals surface area contributed by atoms with Gasteiger partial charge in [0.1, 0.15) is 5.71 Å². The smallest absolute Gasteiger partial charge is 0.331 e. The standard InChI is InChI=1S/C21H19Cl2N3O2.ClH/c1-14(2)15-3-5-16(6-4-15)21(27)28-25-20(12-26-10-9-24-13-26)18-8-7-17(22)11-19(18)23;/h3-11,13-14H,12H2,1-2H3;1H/b25-20+;. The Morgan fingerprint density at radius 2 is 1.90 bits per heavy atom. The Bertz CT molecular complexity index is 985. The second-order valence-electron chi connectivity index (χ2n) is 6.55. The minimum absolute atomic E-state index is 0. The van der Waals surface area contributed by atoms with Crippen LogP contribution in [0.4, 0.5) is 0 Å². The molecule has 0 amide bonds. The third kappa shape index (κ3) is 6.07. The second kappa shape index (κ2) is 10.4. The van der Waals surface area contributed by atoms with E-state index in [-0.39, 0.29) is 12.4 Å². The van der Waals surface area contributed by atoms with Gasteiger partial charge < -0.3 is 9.40 Å². The highest BCUT2D eigenvalue weighted by molar-refractivity contribution is 6.37. The van der Waals surface area contributed by atoms with E-state index in [0.29, 0.717) is 39.3 Å². The largest absolute Gasteiger partial charge is 0.365 e. The van der Waals surface area contributed by atoms with Gasteiger partial charge in [0.25, 0.3) is 0 Å². The predicted octanol–water partition coefficient (Wildman–Crippen LogP) is 6.00. The van der Waals surface area contributed by atoms with Crippen LogP contribution in [-0.4, -0.2) is 21.2 Å². The Labute approximate surface area is 185 Å². The van der Waals surface area contributed by atoms with E-state index in [2.05, 4.69) is 24.0 Å². The van der Waals surface area contributed by atoms with E-state index in [1.54, 1.807) is 53.6 Å². The van der Waals surface area contributed by atoms with Gasteiger partial charge in [0, 0.05) is 23.0 Å². The van der Waals surface area contributed by atoms with Crippen molar-refractivity contribution >= 4 is 47.3 Å². The second-order valence-corrected chi connectivity index (χ2v) is 7.40. The van der Waals surface area contributed by atoms with Crippen molar-refractivity contribution in [2.24, 2.45) is 5.16 Å². The molecule has 5 nitrogen and oxygen atoms in total. The summed E-state index contributed by atoms with van der Waals surface area (Å²) < 4.78 is 1.80. The first-order valence-corrected chi connectivity index (χ1v) is 9.49. The molecule has 0 saturated heterocycles. The first kappa shape index (κ1) is 22.9. The van der Waals surface area contributed by atoms with Crippen molar-refractivity contribution in [3.05, 3.63) is 87.9 Å². The Morgan fingerprint density at radius 1 is 1.17 bits per heavy atom. The number of hydrogen-bond donors (Lipinski definition) is 0. The lowest BCUT2D eigenvalue weighted by Gasteiger charge is -2.10. The van der Waals surface area contributed by atoms with Gasteiger partial charge in [-0.1, -0.05) is 54.3 Å². The molecule has 29 heavy (non-hydrogen) atoms. The van der Waals surface area contributed by atoms with Crippen LogP contribution in [-0.2, 0) is 11.4 Å². The maximum atomic E-state index is 12.4. The third-order valence-corrected chi connectivity index (χ3v) is 4.73. The van der Waals surface area contributed by atoms with Gasteiger partial charge in [0.15, 0.2) is 0 Å². The van der Waals surface area contributed by atoms with Gasteiger partial charge >= 0.3 is 5.97 Å². The number of rotatable bonds is 6. The molecule has 3 aromatic rings. The number of aromatic nitrogens is 2. The molecular formula is C21H20Cl3N3O2. The van der Waals surface area contributed by atoms with Crippen molar-refractivity contribution < 1.29 is 9.63 Å². The molecule has 0 bridgehead atoms. The van der Waals surface area contributed by atoms with E-state index in [1.807, 2.05) is 12.1 Å². The number of hydrogen-bond acceptors (Lipinski definition) is 4. The summed E-state index contributed by atoms with van der Waals surface area (Å²) in [5.41, 5.74) is 2.68. The van der Waals surface area contributed by atoms with Crippen molar-refractivity contribution in [2.75, 3.05) is 0 Å². The number of halogens is 3. The number of nitrogens with zero attached hydrogens (tertiary/aromatic N) is 3. The van der Waals surface area contributed by atoms with E-state index in [1.165, 1.54) is 0 Å². The summed E-state index contributed by atoms with van der Waals surface area (Å²) in [5, 5.41) is 5.02. The Morgan fingerprint density at radius 3 is 2.48 bits per heavy atom. The van der Waals surface area contributed by atoms with Crippen LogP contribution in [0.2, 0.25) is 10.0 Å². The number of imidazole rings is 1. The van der Waals surface area contributed by atoms with Gasteiger partial charge in [0.2, 0.25) is 0 Å². The van der Waals surface area contributed by atoms with Gasteiger partial charge in [-0.25, -0.2) is 9.78 Å². The molecule has 0 aliphatic heterocycles. The molecule has 8 heteroatoms. The van der Waals surface area contributed by atoms with Gasteiger partial charge in [0.05, 0.1) is 23.5 Å². The van der Waals surface area contributed by atoms with E-state index < -0.39 is 5.97 Å². The predicted molar refractivity (Wildman–Crippen MR) is 118 cm³/mol. The average Bonchev–Trinajstić information content (AvgIpc) is 3.18. The molecule has 0 N–H and O–H groups in total. The normalized spacial score (nSPS) is 11.3. The maximum absolute atomic E-state index is 12.4. The number of carbonyl (C=O) groups excluding carboxylic acids is 1. The zero-order valence-electron chi connectivity index (χ0n) is 15.9. The van der Waals surface area contributed by atoms with Crippen LogP contribution in [0.25, 0.3) is 0 Å². The lowest BCUT2D eigenvalue weighted by Crippen LogP contribution is -2.13. The number of oxime groups is 1. The fourth-order valence-electron chi connectivity index (χ4n) is 2.59. The zero-order chi connectivity index (χ0) is 20.1. The van der Waals surface area contributed by atoms with Crippen molar-refractivity contribution in [3.8, 4) is 0 Å². The van der Waals surface area contributed by atoms with E-state index in [0.717, 1.165) is 5.56 Å². The minimum Gasteiger partial charge on any atom is -0.331 e. The van der Waals surface area contributed by atoms with Crippen molar-refractivity contribution in [1.29, 1.82) is 0 Å². The fourth-order valence-corrected chi connectivity index (χ4v) is 3.11. The van der Waals surface area contributed by atoms with E-state index in [9.17, 15) is 4.79 Å². The average molecular weight is 453 g/mol. The van der Waals surface area contributed by atoms with Crippen molar-refractivity contribution in [3.63, 3.8) is 0 Å². The lowest BCUT2D eigenvalue weighted by molar-refractivity contribution is 0.0515. The van der Waals surface area contributed by atoms with Gasteiger partial charge in [-0.05, 0) is 41.8 Å². The summed E-state index contributed by atoms with van der Waals surface area (Å²) >= 11 is 12.3. The summed E-state index contributed by atoms with van der Waals surface area (Å²) in [7, 11) is 0. The molecule has 152 valence electrons. The first-order chi connectivity index (χ1) is 13.4. The fraction of sp³-hybridized carbons (Fsp3) is 0.190. The van der Waals surface area contributed by atoms with E-state index in [4.69, 9.17) is 28.0 Å². The Balaban J connectivity index is 0.00000300. The lowest BCUT2D eigenvalue weighted by atomic mass is 10.0.